The standard InChI is InChI=1S/C15H20Cl2N2O.ClH/c1-10(18)2-7-15(20)19(12-4-5-12)9-11-3-6-13(16)14(17)8-11;/h3,6,8,10,12H,2,4-5,7,9,18H2,1H3;1H. The van der Waals surface area contributed by atoms with E-state index >= 15 is 0 Å². The van der Waals surface area contributed by atoms with Gasteiger partial charge in [0.05, 0.1) is 10.0 Å². The maximum Gasteiger partial charge on any atom is 0.223 e. The van der Waals surface area contributed by atoms with Crippen LogP contribution in [0.25, 0.3) is 0 Å². The summed E-state index contributed by atoms with van der Waals surface area (Å²) in [5, 5.41) is 1.07. The fraction of sp³-hybridized carbons (Fsp3) is 0.533. The zero-order valence-electron chi connectivity index (χ0n) is 12.0. The van der Waals surface area contributed by atoms with Crippen molar-refractivity contribution in [3.63, 3.8) is 0 Å². The molecule has 1 amide bonds. The molecule has 0 aliphatic heterocycles. The normalized spacial score (nSPS) is 15.2. The summed E-state index contributed by atoms with van der Waals surface area (Å²) < 4.78 is 0. The van der Waals surface area contributed by atoms with Gasteiger partial charge in [-0.3, -0.25) is 4.79 Å². The van der Waals surface area contributed by atoms with E-state index in [1.807, 2.05) is 24.0 Å². The molecule has 1 atom stereocenters. The first-order valence-electron chi connectivity index (χ1n) is 6.96. The summed E-state index contributed by atoms with van der Waals surface area (Å²) in [5.74, 6) is 0.177. The van der Waals surface area contributed by atoms with Crippen LogP contribution < -0.4 is 5.73 Å². The van der Waals surface area contributed by atoms with E-state index in [1.54, 1.807) is 6.07 Å². The Bertz CT molecular complexity index is 490. The highest BCUT2D eigenvalue weighted by molar-refractivity contribution is 6.42. The van der Waals surface area contributed by atoms with Gasteiger partial charge in [0.1, 0.15) is 0 Å². The summed E-state index contributed by atoms with van der Waals surface area (Å²) in [6.45, 7) is 2.52. The monoisotopic (exact) mass is 350 g/mol. The Kier molecular flexibility index (Phi) is 7.28. The molecule has 1 fully saturated rings. The van der Waals surface area contributed by atoms with Crippen LogP contribution in [0.5, 0.6) is 0 Å². The molecular weight excluding hydrogens is 331 g/mol. The van der Waals surface area contributed by atoms with Crippen LogP contribution in [-0.2, 0) is 11.3 Å². The van der Waals surface area contributed by atoms with Crippen molar-refractivity contribution in [1.29, 1.82) is 0 Å². The molecule has 0 saturated heterocycles. The van der Waals surface area contributed by atoms with Crippen LogP contribution in [0.15, 0.2) is 18.2 Å². The number of carbonyl (C=O) groups excluding carboxylic acids is 1. The number of nitrogens with zero attached hydrogens (tertiary/aromatic N) is 1. The quantitative estimate of drug-likeness (QED) is 0.841. The Morgan fingerprint density at radius 2 is 2.05 bits per heavy atom. The summed E-state index contributed by atoms with van der Waals surface area (Å²) in [4.78, 5) is 14.2. The number of hydrogen-bond acceptors (Lipinski definition) is 2. The first-order chi connectivity index (χ1) is 9.47. The average Bonchev–Trinajstić information content (AvgIpc) is 3.21. The first kappa shape index (κ1) is 18.6. The SMILES string of the molecule is CC(N)CCC(=O)N(Cc1ccc(Cl)c(Cl)c1)C1CC1.Cl. The van der Waals surface area contributed by atoms with Crippen molar-refractivity contribution in [1.82, 2.24) is 4.90 Å². The predicted octanol–water partition coefficient (Wildman–Crippen LogP) is 4.03. The number of hydrogen-bond donors (Lipinski definition) is 1. The molecule has 1 aliphatic carbocycles. The largest absolute Gasteiger partial charge is 0.335 e. The van der Waals surface area contributed by atoms with Gasteiger partial charge in [0, 0.05) is 25.0 Å². The van der Waals surface area contributed by atoms with E-state index in [0.717, 1.165) is 24.8 Å². The predicted molar refractivity (Wildman–Crippen MR) is 90.2 cm³/mol. The first-order valence-corrected chi connectivity index (χ1v) is 7.72. The van der Waals surface area contributed by atoms with E-state index in [2.05, 4.69) is 0 Å². The summed E-state index contributed by atoms with van der Waals surface area (Å²) in [7, 11) is 0. The molecule has 1 unspecified atom stereocenters. The molecule has 3 nitrogen and oxygen atoms in total. The van der Waals surface area contributed by atoms with Crippen LogP contribution in [0, 0.1) is 0 Å². The fourth-order valence-corrected chi connectivity index (χ4v) is 2.46. The van der Waals surface area contributed by atoms with Gasteiger partial charge in [-0.1, -0.05) is 29.3 Å². The van der Waals surface area contributed by atoms with E-state index in [4.69, 9.17) is 28.9 Å². The van der Waals surface area contributed by atoms with E-state index in [0.29, 0.717) is 29.1 Å². The van der Waals surface area contributed by atoms with Crippen molar-refractivity contribution in [2.24, 2.45) is 5.73 Å². The third kappa shape index (κ3) is 5.67. The van der Waals surface area contributed by atoms with Crippen molar-refractivity contribution < 1.29 is 4.79 Å². The Morgan fingerprint density at radius 3 is 2.57 bits per heavy atom. The lowest BCUT2D eigenvalue weighted by atomic mass is 10.1. The smallest absolute Gasteiger partial charge is 0.223 e. The van der Waals surface area contributed by atoms with Crippen LogP contribution in [0.3, 0.4) is 0 Å². The summed E-state index contributed by atoms with van der Waals surface area (Å²) >= 11 is 11.9. The molecule has 6 heteroatoms. The van der Waals surface area contributed by atoms with Crippen LogP contribution >= 0.6 is 35.6 Å². The maximum atomic E-state index is 12.3. The molecular formula is C15H21Cl3N2O. The number of benzene rings is 1. The third-order valence-corrected chi connectivity index (χ3v) is 4.20. The van der Waals surface area contributed by atoms with Gasteiger partial charge in [0.2, 0.25) is 5.91 Å². The van der Waals surface area contributed by atoms with Crippen molar-refractivity contribution in [2.75, 3.05) is 0 Å². The molecule has 1 aromatic carbocycles. The number of halogens is 3. The number of rotatable bonds is 6. The molecule has 1 saturated carbocycles. The van der Waals surface area contributed by atoms with Gasteiger partial charge in [0.15, 0.2) is 0 Å². The maximum absolute atomic E-state index is 12.3. The fourth-order valence-electron chi connectivity index (χ4n) is 2.14. The topological polar surface area (TPSA) is 46.3 Å². The van der Waals surface area contributed by atoms with Crippen LogP contribution in [0.1, 0.15) is 38.2 Å². The minimum atomic E-state index is 0. The van der Waals surface area contributed by atoms with Gasteiger partial charge in [-0.2, -0.15) is 0 Å². The molecule has 0 aromatic heterocycles. The Labute approximate surface area is 142 Å². The molecule has 0 bridgehead atoms. The minimum Gasteiger partial charge on any atom is -0.335 e. The second kappa shape index (κ2) is 8.23. The Morgan fingerprint density at radius 1 is 1.38 bits per heavy atom. The number of carbonyl (C=O) groups is 1. The van der Waals surface area contributed by atoms with E-state index in [9.17, 15) is 4.79 Å². The van der Waals surface area contributed by atoms with E-state index in [1.165, 1.54) is 0 Å². The summed E-state index contributed by atoms with van der Waals surface area (Å²) in [6.07, 6.45) is 3.41. The zero-order chi connectivity index (χ0) is 14.7. The van der Waals surface area contributed by atoms with Crippen LogP contribution in [0.2, 0.25) is 10.0 Å². The molecule has 0 heterocycles. The van der Waals surface area contributed by atoms with Gasteiger partial charge in [-0.25, -0.2) is 0 Å². The molecule has 0 spiro atoms. The van der Waals surface area contributed by atoms with Gasteiger partial charge in [-0.15, -0.1) is 12.4 Å². The lowest BCUT2D eigenvalue weighted by molar-refractivity contribution is -0.132. The molecule has 21 heavy (non-hydrogen) atoms. The molecule has 1 aromatic rings. The molecule has 1 aliphatic rings. The van der Waals surface area contributed by atoms with Gasteiger partial charge >= 0.3 is 0 Å². The summed E-state index contributed by atoms with van der Waals surface area (Å²) in [6, 6.07) is 5.96. The average molecular weight is 352 g/mol. The van der Waals surface area contributed by atoms with Crippen LogP contribution in [0.4, 0.5) is 0 Å². The van der Waals surface area contributed by atoms with Gasteiger partial charge in [-0.05, 0) is 43.9 Å². The lowest BCUT2D eigenvalue weighted by Gasteiger charge is -2.23. The highest BCUT2D eigenvalue weighted by Crippen LogP contribution is 2.30. The Hall–Kier alpha value is -0.480. The van der Waals surface area contributed by atoms with Crippen molar-refractivity contribution in [3.05, 3.63) is 33.8 Å². The highest BCUT2D eigenvalue weighted by Gasteiger charge is 2.32. The highest BCUT2D eigenvalue weighted by atomic mass is 35.5. The third-order valence-electron chi connectivity index (χ3n) is 3.46. The molecule has 2 rings (SSSR count). The van der Waals surface area contributed by atoms with Crippen molar-refractivity contribution in [3.8, 4) is 0 Å². The summed E-state index contributed by atoms with van der Waals surface area (Å²) in [5.41, 5.74) is 6.73. The van der Waals surface area contributed by atoms with Crippen molar-refractivity contribution in [2.45, 2.75) is 51.2 Å². The van der Waals surface area contributed by atoms with E-state index in [-0.39, 0.29) is 24.4 Å². The van der Waals surface area contributed by atoms with Crippen molar-refractivity contribution >= 4 is 41.5 Å². The molecule has 2 N–H and O–H groups in total. The lowest BCUT2D eigenvalue weighted by Crippen LogP contribution is -2.33. The van der Waals surface area contributed by atoms with Crippen LogP contribution in [-0.4, -0.2) is 22.9 Å². The van der Waals surface area contributed by atoms with E-state index < -0.39 is 0 Å². The minimum absolute atomic E-state index is 0. The second-order valence-electron chi connectivity index (χ2n) is 5.52. The van der Waals surface area contributed by atoms with Gasteiger partial charge < -0.3 is 10.6 Å². The number of nitrogens with two attached hydrogens (primary N) is 1. The zero-order valence-corrected chi connectivity index (χ0v) is 14.3. The molecule has 118 valence electrons. The number of amides is 1. The van der Waals surface area contributed by atoms with Gasteiger partial charge in [0.25, 0.3) is 0 Å². The molecule has 0 radical (unpaired) electrons. The Balaban J connectivity index is 0.00000220. The second-order valence-corrected chi connectivity index (χ2v) is 6.33.